The van der Waals surface area contributed by atoms with Gasteiger partial charge < -0.3 is 18.9 Å². The van der Waals surface area contributed by atoms with Gasteiger partial charge >= 0.3 is 0 Å². The lowest BCUT2D eigenvalue weighted by atomic mass is 9.76. The first-order valence-corrected chi connectivity index (χ1v) is 26.2. The third-order valence-electron chi connectivity index (χ3n) is 12.1. The van der Waals surface area contributed by atoms with E-state index < -0.39 is 0 Å². The van der Waals surface area contributed by atoms with E-state index in [9.17, 15) is 0 Å². The Morgan fingerprint density at radius 1 is 0.508 bits per heavy atom. The van der Waals surface area contributed by atoms with Gasteiger partial charge in [0.25, 0.3) is 0 Å². The number of halogens is 7. The van der Waals surface area contributed by atoms with Crippen LogP contribution in [0.4, 0.5) is 0 Å². The molecule has 0 bridgehead atoms. The summed E-state index contributed by atoms with van der Waals surface area (Å²) in [6, 6.07) is 17.0. The van der Waals surface area contributed by atoms with E-state index >= 15 is 0 Å². The van der Waals surface area contributed by atoms with Gasteiger partial charge in [0, 0.05) is 17.3 Å². The zero-order chi connectivity index (χ0) is 45.5. The molecular weight excluding hydrogens is 1220 g/mol. The second kappa shape index (κ2) is 22.5. The van der Waals surface area contributed by atoms with Crippen LogP contribution in [0.2, 0.25) is 0 Å². The van der Waals surface area contributed by atoms with E-state index in [2.05, 4.69) is 223 Å². The van der Waals surface area contributed by atoms with E-state index in [0.717, 1.165) is 116 Å². The van der Waals surface area contributed by atoms with Gasteiger partial charge in [0.2, 0.25) is 0 Å². The fourth-order valence-corrected chi connectivity index (χ4v) is 12.2. The fraction of sp³-hybridized carbons (Fsp3) is 0.429. The molecule has 0 atom stereocenters. The van der Waals surface area contributed by atoms with Gasteiger partial charge in [-0.2, -0.15) is 0 Å². The maximum Gasteiger partial charge on any atom is 0.148 e. The molecule has 0 saturated heterocycles. The molecular formula is C49H56BBr7O4. The van der Waals surface area contributed by atoms with Crippen molar-refractivity contribution in [2.24, 2.45) is 0 Å². The topological polar surface area (TPSA) is 36.9 Å². The van der Waals surface area contributed by atoms with Gasteiger partial charge in [-0.3, -0.25) is 0 Å². The van der Waals surface area contributed by atoms with Gasteiger partial charge in [0.1, 0.15) is 48.7 Å². The van der Waals surface area contributed by atoms with Crippen LogP contribution >= 0.6 is 112 Å². The molecule has 0 aliphatic carbocycles. The minimum atomic E-state index is -0.387. The molecule has 0 N–H and O–H groups in total. The lowest BCUT2D eigenvalue weighted by Gasteiger charge is -2.35. The number of hydrogen-bond donors (Lipinski definition) is 0. The quantitative estimate of drug-likeness (QED) is 0.0446. The molecule has 61 heavy (non-hydrogen) atoms. The van der Waals surface area contributed by atoms with Crippen molar-refractivity contribution >= 4 is 125 Å². The molecule has 0 aliphatic heterocycles. The molecule has 0 fully saturated rings. The molecule has 2 radical (unpaired) electrons. The largest absolute Gasteiger partial charge is 0.491 e. The number of benzene rings is 4. The highest BCUT2D eigenvalue weighted by molar-refractivity contribution is 9.12. The van der Waals surface area contributed by atoms with Crippen LogP contribution in [0, 0.1) is 0 Å². The monoisotopic (exact) mass is 1270 g/mol. The Hall–Kier alpha value is -1.02. The fourth-order valence-electron chi connectivity index (χ4n) is 7.48. The first kappa shape index (κ1) is 52.6. The van der Waals surface area contributed by atoms with Crippen molar-refractivity contribution in [1.82, 2.24) is 0 Å². The summed E-state index contributed by atoms with van der Waals surface area (Å²) >= 11 is 26.6. The van der Waals surface area contributed by atoms with Crippen LogP contribution in [0.5, 0.6) is 23.0 Å². The van der Waals surface area contributed by atoms with Gasteiger partial charge in [-0.25, -0.2) is 0 Å². The molecule has 12 heteroatoms. The van der Waals surface area contributed by atoms with Gasteiger partial charge in [-0.05, 0) is 215 Å². The van der Waals surface area contributed by atoms with Crippen molar-refractivity contribution in [2.45, 2.75) is 122 Å². The smallest absolute Gasteiger partial charge is 0.148 e. The molecule has 4 aromatic rings. The predicted molar refractivity (Wildman–Crippen MR) is 282 cm³/mol. The summed E-state index contributed by atoms with van der Waals surface area (Å²) in [6.45, 7) is 26.1. The Morgan fingerprint density at radius 2 is 0.869 bits per heavy atom. The highest BCUT2D eigenvalue weighted by Gasteiger charge is 2.34. The molecule has 4 aromatic carbocycles. The summed E-state index contributed by atoms with van der Waals surface area (Å²) in [7, 11) is 6.69. The van der Waals surface area contributed by atoms with Crippen molar-refractivity contribution in [2.75, 3.05) is 13.2 Å². The second-order valence-corrected chi connectivity index (χ2v) is 22.4. The highest BCUT2D eigenvalue weighted by atomic mass is 79.9. The SMILES string of the molecule is [B]c1cc(C(C)(C)c2cc(Br)c(OCCCC(CC)(CC)Oc3c(Br)cc(C(C)(C)c4cc(Br)c(OCC=C)c(Br)c4)cc3Br)c(Br)c2)cc(Br)c1OC(CC)(CC)CC=C. The molecule has 0 unspecified atom stereocenters. The Labute approximate surface area is 425 Å². The zero-order valence-corrected chi connectivity index (χ0v) is 47.5. The Balaban J connectivity index is 1.48. The maximum atomic E-state index is 6.96. The molecule has 0 aliphatic rings. The van der Waals surface area contributed by atoms with Gasteiger partial charge in [-0.1, -0.05) is 85.7 Å². The van der Waals surface area contributed by atoms with Gasteiger partial charge in [-0.15, -0.1) is 6.58 Å². The molecule has 0 spiro atoms. The summed E-state index contributed by atoms with van der Waals surface area (Å²) in [5.74, 6) is 2.98. The van der Waals surface area contributed by atoms with Crippen molar-refractivity contribution < 1.29 is 18.9 Å². The highest BCUT2D eigenvalue weighted by Crippen LogP contribution is 2.47. The second-order valence-electron chi connectivity index (χ2n) is 16.5. The molecule has 0 saturated carbocycles. The van der Waals surface area contributed by atoms with Crippen LogP contribution in [0.15, 0.2) is 105 Å². The van der Waals surface area contributed by atoms with E-state index in [-0.39, 0.29) is 22.0 Å². The van der Waals surface area contributed by atoms with Crippen molar-refractivity contribution in [3.8, 4) is 23.0 Å². The van der Waals surface area contributed by atoms with E-state index in [1.807, 2.05) is 12.1 Å². The lowest BCUT2D eigenvalue weighted by molar-refractivity contribution is 0.0434. The maximum absolute atomic E-state index is 6.96. The first-order valence-electron chi connectivity index (χ1n) is 20.6. The van der Waals surface area contributed by atoms with Crippen molar-refractivity contribution in [1.29, 1.82) is 0 Å². The van der Waals surface area contributed by atoms with Crippen LogP contribution in [-0.4, -0.2) is 32.3 Å². The zero-order valence-electron chi connectivity index (χ0n) is 36.4. The van der Waals surface area contributed by atoms with Crippen LogP contribution in [0.25, 0.3) is 0 Å². The third kappa shape index (κ3) is 12.3. The average Bonchev–Trinajstić information content (AvgIpc) is 3.21. The Bertz CT molecular complexity index is 2100. The van der Waals surface area contributed by atoms with Crippen molar-refractivity contribution in [3.63, 3.8) is 0 Å². The Kier molecular flexibility index (Phi) is 19.4. The van der Waals surface area contributed by atoms with Crippen LogP contribution in [0.3, 0.4) is 0 Å². The van der Waals surface area contributed by atoms with Gasteiger partial charge in [0.15, 0.2) is 0 Å². The normalized spacial score (nSPS) is 12.3. The summed E-state index contributed by atoms with van der Waals surface area (Å²) in [5.41, 5.74) is 3.56. The first-order chi connectivity index (χ1) is 28.7. The van der Waals surface area contributed by atoms with Crippen LogP contribution < -0.4 is 24.4 Å². The molecule has 4 nitrogen and oxygen atoms in total. The lowest BCUT2D eigenvalue weighted by Crippen LogP contribution is -2.36. The van der Waals surface area contributed by atoms with E-state index in [0.29, 0.717) is 24.4 Å². The summed E-state index contributed by atoms with van der Waals surface area (Å²) in [6.07, 6.45) is 9.40. The third-order valence-corrected chi connectivity index (χ3v) is 16.2. The Morgan fingerprint density at radius 3 is 1.25 bits per heavy atom. The molecule has 0 amide bonds. The number of rotatable bonds is 22. The number of hydrogen-bond acceptors (Lipinski definition) is 4. The van der Waals surface area contributed by atoms with Gasteiger partial charge in [0.05, 0.1) is 37.9 Å². The minimum Gasteiger partial charge on any atom is -0.491 e. The van der Waals surface area contributed by atoms with E-state index in [1.165, 1.54) is 0 Å². The van der Waals surface area contributed by atoms with E-state index in [1.54, 1.807) is 6.08 Å². The molecule has 328 valence electrons. The molecule has 4 rings (SSSR count). The predicted octanol–water partition coefficient (Wildman–Crippen LogP) is 17.3. The van der Waals surface area contributed by atoms with Crippen LogP contribution in [0.1, 0.15) is 123 Å². The minimum absolute atomic E-state index is 0.333. The summed E-state index contributed by atoms with van der Waals surface area (Å²) < 4.78 is 32.0. The van der Waals surface area contributed by atoms with E-state index in [4.69, 9.17) is 26.8 Å². The molecule has 0 heterocycles. The van der Waals surface area contributed by atoms with Crippen molar-refractivity contribution in [3.05, 3.63) is 127 Å². The standard InChI is InChI=1S/C49H56BBr7O4/c1-11-18-48(13-3,14-4)60-42-34(50)22-30(23-35(42)51)46(7,8)31-24-38(54)44(39(55)25-31)59-21-17-19-49(15-5,16-6)61-45-40(56)28-33(29-41(45)57)47(9,10)32-26-36(52)43(37(53)27-32)58-20-12-2/h11-12,22-29H,1-2,13-21H2,3-10H3. The van der Waals surface area contributed by atoms with Crippen LogP contribution in [-0.2, 0) is 10.8 Å². The molecule has 0 aromatic heterocycles. The number of ether oxygens (including phenoxy) is 4. The summed E-state index contributed by atoms with van der Waals surface area (Å²) in [5, 5.41) is 0. The summed E-state index contributed by atoms with van der Waals surface area (Å²) in [4.78, 5) is 0. The average molecular weight is 1280 g/mol.